The van der Waals surface area contributed by atoms with E-state index in [9.17, 15) is 26.4 Å². The number of hydrogen-bond acceptors (Lipinski definition) is 8. The Labute approximate surface area is 239 Å². The average molecular weight is 614 g/mol. The maximum Gasteiger partial charge on any atom is 0.416 e. The molecular weight excluding hydrogens is 587 g/mol. The zero-order chi connectivity index (χ0) is 28.7. The highest BCUT2D eigenvalue weighted by Crippen LogP contribution is 2.34. The summed E-state index contributed by atoms with van der Waals surface area (Å²) in [6.45, 7) is 1.42. The second-order valence-corrected chi connectivity index (χ2v) is 13.7. The van der Waals surface area contributed by atoms with E-state index in [0.29, 0.717) is 53.2 Å². The molecule has 3 aromatic rings. The number of carbonyl (C=O) groups is 1. The quantitative estimate of drug-likeness (QED) is 0.390. The Bertz CT molecular complexity index is 1500. The Kier molecular flexibility index (Phi) is 8.22. The van der Waals surface area contributed by atoms with Crippen LogP contribution in [0.5, 0.6) is 0 Å². The maximum atomic E-state index is 13.3. The van der Waals surface area contributed by atoms with Crippen molar-refractivity contribution in [3.05, 3.63) is 58.1 Å². The van der Waals surface area contributed by atoms with E-state index in [1.54, 1.807) is 6.07 Å². The summed E-state index contributed by atoms with van der Waals surface area (Å²) in [5.41, 5.74) is 6.74. The Hall–Kier alpha value is -2.58. The number of hydrogen-bond donors (Lipinski definition) is 1. The van der Waals surface area contributed by atoms with Gasteiger partial charge in [-0.1, -0.05) is 23.7 Å². The molecule has 0 spiro atoms. The van der Waals surface area contributed by atoms with Crippen LogP contribution in [0.4, 0.5) is 19.1 Å². The Morgan fingerprint density at radius 3 is 2.48 bits per heavy atom. The van der Waals surface area contributed by atoms with Crippen molar-refractivity contribution in [1.82, 2.24) is 14.3 Å². The molecule has 2 aromatic heterocycles. The molecule has 214 valence electrons. The van der Waals surface area contributed by atoms with Gasteiger partial charge in [0, 0.05) is 43.4 Å². The predicted octanol–water partition coefficient (Wildman–Crippen LogP) is 4.77. The molecule has 2 fully saturated rings. The van der Waals surface area contributed by atoms with E-state index in [-0.39, 0.29) is 35.4 Å². The van der Waals surface area contributed by atoms with Crippen molar-refractivity contribution < 1.29 is 26.4 Å². The molecule has 0 radical (unpaired) electrons. The number of Topliss-reactive ketones (excluding diaryl/α,β-unsaturated/α-hetero) is 1. The van der Waals surface area contributed by atoms with Gasteiger partial charge >= 0.3 is 6.18 Å². The van der Waals surface area contributed by atoms with Crippen LogP contribution in [0.15, 0.2) is 46.7 Å². The summed E-state index contributed by atoms with van der Waals surface area (Å²) in [6, 6.07) is 8.51. The Morgan fingerprint density at radius 2 is 1.85 bits per heavy atom. The normalized spacial score (nSPS) is 20.4. The summed E-state index contributed by atoms with van der Waals surface area (Å²) in [7, 11) is -3.85. The number of carbonyl (C=O) groups excluding carboxylic acids is 1. The number of anilines is 1. The fourth-order valence-corrected chi connectivity index (χ4v) is 8.31. The van der Waals surface area contributed by atoms with Crippen molar-refractivity contribution in [2.45, 2.75) is 54.6 Å². The third kappa shape index (κ3) is 6.18. The second kappa shape index (κ2) is 11.4. The van der Waals surface area contributed by atoms with Gasteiger partial charge in [-0.2, -0.15) is 17.5 Å². The van der Waals surface area contributed by atoms with E-state index in [4.69, 9.17) is 17.3 Å². The second-order valence-electron chi connectivity index (χ2n) is 9.91. The zero-order valence-electron chi connectivity index (χ0n) is 21.3. The molecule has 4 heterocycles. The highest BCUT2D eigenvalue weighted by atomic mass is 35.5. The van der Waals surface area contributed by atoms with Crippen LogP contribution >= 0.6 is 22.9 Å². The number of alkyl halides is 3. The minimum atomic E-state index is -4.45. The molecule has 0 unspecified atom stereocenters. The number of aryl methyl sites for hydroxylation is 1. The van der Waals surface area contributed by atoms with Crippen LogP contribution in [0.1, 0.15) is 36.9 Å². The van der Waals surface area contributed by atoms with Crippen molar-refractivity contribution in [3.63, 3.8) is 0 Å². The van der Waals surface area contributed by atoms with E-state index in [0.717, 1.165) is 29.9 Å². The van der Waals surface area contributed by atoms with Crippen LogP contribution in [0.3, 0.4) is 0 Å². The molecular formula is C26H27ClF3N5O3S2. The van der Waals surface area contributed by atoms with E-state index in [2.05, 4.69) is 9.97 Å². The first-order chi connectivity index (χ1) is 18.9. The van der Waals surface area contributed by atoms with Crippen molar-refractivity contribution in [1.29, 1.82) is 0 Å². The molecule has 14 heteroatoms. The highest BCUT2D eigenvalue weighted by Gasteiger charge is 2.39. The predicted molar refractivity (Wildman–Crippen MR) is 147 cm³/mol. The number of nitrogens with zero attached hydrogens (tertiary/aromatic N) is 4. The molecule has 2 atom stereocenters. The molecule has 0 amide bonds. The van der Waals surface area contributed by atoms with Gasteiger partial charge < -0.3 is 10.6 Å². The van der Waals surface area contributed by atoms with Crippen LogP contribution in [0, 0.1) is 0 Å². The third-order valence-corrected chi connectivity index (χ3v) is 10.7. The van der Waals surface area contributed by atoms with Crippen LogP contribution in [-0.2, 0) is 27.4 Å². The summed E-state index contributed by atoms with van der Waals surface area (Å²) in [5, 5.41) is 0. The van der Waals surface area contributed by atoms with Crippen molar-refractivity contribution in [2.24, 2.45) is 5.73 Å². The van der Waals surface area contributed by atoms with Crippen molar-refractivity contribution in [3.8, 4) is 11.3 Å². The molecule has 2 saturated heterocycles. The van der Waals surface area contributed by atoms with Gasteiger partial charge in [-0.15, -0.1) is 11.3 Å². The number of nitrogens with two attached hydrogens (primary N) is 1. The van der Waals surface area contributed by atoms with Crippen molar-refractivity contribution in [2.75, 3.05) is 24.5 Å². The summed E-state index contributed by atoms with van der Waals surface area (Å²) in [5.74, 6) is 0.176. The minimum Gasteiger partial charge on any atom is -0.339 e. The first-order valence-corrected chi connectivity index (χ1v) is 15.4. The maximum absolute atomic E-state index is 13.3. The van der Waals surface area contributed by atoms with Crippen LogP contribution in [0.25, 0.3) is 11.3 Å². The van der Waals surface area contributed by atoms with Crippen molar-refractivity contribution >= 4 is 44.7 Å². The standard InChI is InChI=1S/C26H27ClF3N5O3S2/c27-23-9-10-24(39-23)40(37,38)35-12-1-2-21(35)22(36)8-7-19-14-20(16-3-5-17(6-4-16)26(28,29)30)33-25(32-19)34-13-11-18(31)15-34/h3-6,9-10,14,18,21H,1-2,7-8,11-13,15,31H2/t18-,21+/m1/s1. The topological polar surface area (TPSA) is 109 Å². The molecule has 2 N–H and O–H groups in total. The first kappa shape index (κ1) is 28.9. The molecule has 0 aliphatic carbocycles. The van der Waals surface area contributed by atoms with Crippen LogP contribution in [0.2, 0.25) is 4.34 Å². The Morgan fingerprint density at radius 1 is 1.10 bits per heavy atom. The molecule has 2 aliphatic heterocycles. The summed E-state index contributed by atoms with van der Waals surface area (Å²) >= 11 is 6.89. The number of thiophene rings is 1. The summed E-state index contributed by atoms with van der Waals surface area (Å²) < 4.78 is 67.2. The fraction of sp³-hybridized carbons (Fsp3) is 0.423. The van der Waals surface area contributed by atoms with Gasteiger partial charge in [-0.3, -0.25) is 4.79 Å². The highest BCUT2D eigenvalue weighted by molar-refractivity contribution is 7.91. The summed E-state index contributed by atoms with van der Waals surface area (Å²) in [6.07, 6.45) is -2.44. The molecule has 40 heavy (non-hydrogen) atoms. The molecule has 5 rings (SSSR count). The molecule has 2 aliphatic rings. The lowest BCUT2D eigenvalue weighted by molar-refractivity contribution is -0.137. The smallest absolute Gasteiger partial charge is 0.339 e. The van der Waals surface area contributed by atoms with E-state index in [1.807, 2.05) is 4.90 Å². The van der Waals surface area contributed by atoms with E-state index < -0.39 is 27.8 Å². The van der Waals surface area contributed by atoms with E-state index in [1.165, 1.54) is 28.6 Å². The molecule has 8 nitrogen and oxygen atoms in total. The van der Waals surface area contributed by atoms with Gasteiger partial charge in [0.15, 0.2) is 5.78 Å². The van der Waals surface area contributed by atoms with Gasteiger partial charge in [-0.25, -0.2) is 18.4 Å². The summed E-state index contributed by atoms with van der Waals surface area (Å²) in [4.78, 5) is 24.4. The minimum absolute atomic E-state index is 0.0446. The van der Waals surface area contributed by atoms with Gasteiger partial charge in [0.1, 0.15) is 4.21 Å². The Balaban J connectivity index is 1.37. The zero-order valence-corrected chi connectivity index (χ0v) is 23.7. The van der Waals surface area contributed by atoms with Gasteiger partial charge in [0.05, 0.1) is 21.6 Å². The molecule has 1 aromatic carbocycles. The number of halogens is 4. The third-order valence-electron chi connectivity index (χ3n) is 7.10. The van der Waals surface area contributed by atoms with Crippen LogP contribution in [-0.4, -0.2) is 60.2 Å². The number of aromatic nitrogens is 2. The SMILES string of the molecule is N[C@@H]1CCN(c2nc(CCC(=O)[C@@H]3CCCN3S(=O)(=O)c3ccc(Cl)s3)cc(-c3ccc(C(F)(F)F)cc3)n2)C1. The van der Waals surface area contributed by atoms with Crippen LogP contribution < -0.4 is 10.6 Å². The lowest BCUT2D eigenvalue weighted by Crippen LogP contribution is -2.40. The molecule has 0 saturated carbocycles. The number of rotatable bonds is 8. The van der Waals surface area contributed by atoms with E-state index >= 15 is 0 Å². The largest absolute Gasteiger partial charge is 0.416 e. The lowest BCUT2D eigenvalue weighted by atomic mass is 10.0. The number of ketones is 1. The molecule has 0 bridgehead atoms. The first-order valence-electron chi connectivity index (χ1n) is 12.8. The fourth-order valence-electron chi connectivity index (χ4n) is 5.02. The van der Waals surface area contributed by atoms with Gasteiger partial charge in [0.25, 0.3) is 10.0 Å². The number of benzene rings is 1. The monoisotopic (exact) mass is 613 g/mol. The lowest BCUT2D eigenvalue weighted by Gasteiger charge is -2.22. The van der Waals surface area contributed by atoms with Gasteiger partial charge in [0.2, 0.25) is 5.95 Å². The average Bonchev–Trinajstić information content (AvgIpc) is 3.68. The number of sulfonamides is 1. The van der Waals surface area contributed by atoms with Gasteiger partial charge in [-0.05, 0) is 56.0 Å².